The third-order valence-electron chi connectivity index (χ3n) is 1.82. The molecule has 1 rings (SSSR count). The van der Waals surface area contributed by atoms with E-state index in [0.717, 1.165) is 0 Å². The van der Waals surface area contributed by atoms with Crippen LogP contribution < -0.4 is 11.2 Å². The number of nitrogens with one attached hydrogen (secondary N) is 1. The van der Waals surface area contributed by atoms with Crippen LogP contribution in [0.2, 0.25) is 0 Å². The number of nitrogens with two attached hydrogens (primary N) is 1. The molecule has 0 heterocycles. The van der Waals surface area contributed by atoms with Gasteiger partial charge in [-0.25, -0.2) is 10.2 Å². The summed E-state index contributed by atoms with van der Waals surface area (Å²) in [6, 6.07) is -0.675. The van der Waals surface area contributed by atoms with E-state index in [-0.39, 0.29) is 12.0 Å². The zero-order valence-corrected chi connectivity index (χ0v) is 7.88. The van der Waals surface area contributed by atoms with Crippen molar-refractivity contribution in [3.05, 3.63) is 24.3 Å². The Bertz CT molecular complexity index is 284. The highest BCUT2D eigenvalue weighted by atomic mass is 16.5. The number of ether oxygens (including phenoxy) is 1. The van der Waals surface area contributed by atoms with E-state index in [4.69, 9.17) is 10.5 Å². The Kier molecular flexibility index (Phi) is 3.87. The number of carbonyl (C=O) groups is 1. The summed E-state index contributed by atoms with van der Waals surface area (Å²) in [6.07, 6.45) is 9.19. The van der Waals surface area contributed by atoms with Gasteiger partial charge in [-0.05, 0) is 0 Å². The van der Waals surface area contributed by atoms with Crippen molar-refractivity contribution in [1.82, 2.24) is 5.43 Å². The predicted molar refractivity (Wildman–Crippen MR) is 53.8 cm³/mol. The fraction of sp³-hybridized carbons (Fsp3) is 0.333. The van der Waals surface area contributed by atoms with Crippen molar-refractivity contribution in [2.45, 2.75) is 6.10 Å². The fourth-order valence-corrected chi connectivity index (χ4v) is 1.16. The topological polar surface area (TPSA) is 76.7 Å². The molecule has 0 bridgehead atoms. The molecule has 1 aliphatic carbocycles. The molecule has 76 valence electrons. The Morgan fingerprint density at radius 3 is 2.93 bits per heavy atom. The van der Waals surface area contributed by atoms with Crippen molar-refractivity contribution >= 4 is 12.2 Å². The maximum atomic E-state index is 10.3. The van der Waals surface area contributed by atoms with Gasteiger partial charge in [0.25, 0.3) is 0 Å². The minimum Gasteiger partial charge on any atom is -0.376 e. The van der Waals surface area contributed by atoms with Crippen LogP contribution in [0.25, 0.3) is 0 Å². The lowest BCUT2D eigenvalue weighted by molar-refractivity contribution is 0.126. The van der Waals surface area contributed by atoms with E-state index in [1.807, 2.05) is 24.3 Å². The standard InChI is InChI=1S/C9H13N3O2/c1-14-8-5-3-2-4-7(8)6-11-12-9(10)13/h2-8H,1H3,(H3,10,12,13). The first-order valence-electron chi connectivity index (χ1n) is 4.20. The van der Waals surface area contributed by atoms with Gasteiger partial charge in [0.1, 0.15) is 0 Å². The van der Waals surface area contributed by atoms with E-state index in [1.54, 1.807) is 13.3 Å². The van der Waals surface area contributed by atoms with Crippen molar-refractivity contribution in [1.29, 1.82) is 0 Å². The quantitative estimate of drug-likeness (QED) is 0.505. The maximum Gasteiger partial charge on any atom is 0.332 e. The van der Waals surface area contributed by atoms with Crippen molar-refractivity contribution < 1.29 is 9.53 Å². The number of amides is 2. The molecule has 0 radical (unpaired) electrons. The summed E-state index contributed by atoms with van der Waals surface area (Å²) in [6.45, 7) is 0. The van der Waals surface area contributed by atoms with Gasteiger partial charge in [-0.1, -0.05) is 24.3 Å². The van der Waals surface area contributed by atoms with Crippen LogP contribution in [0.1, 0.15) is 0 Å². The summed E-state index contributed by atoms with van der Waals surface area (Å²) in [5.41, 5.74) is 6.98. The molecule has 5 heteroatoms. The summed E-state index contributed by atoms with van der Waals surface area (Å²) >= 11 is 0. The van der Waals surface area contributed by atoms with Gasteiger partial charge in [-0.3, -0.25) is 0 Å². The molecule has 5 nitrogen and oxygen atoms in total. The van der Waals surface area contributed by atoms with Gasteiger partial charge in [0, 0.05) is 19.2 Å². The molecular weight excluding hydrogens is 182 g/mol. The average molecular weight is 195 g/mol. The van der Waals surface area contributed by atoms with Crippen LogP contribution in [0.15, 0.2) is 29.4 Å². The molecule has 0 aromatic carbocycles. The molecule has 0 aromatic rings. The molecule has 0 saturated heterocycles. The highest BCUT2D eigenvalue weighted by Crippen LogP contribution is 2.12. The second-order valence-corrected chi connectivity index (χ2v) is 2.80. The summed E-state index contributed by atoms with van der Waals surface area (Å²) in [7, 11) is 1.62. The monoisotopic (exact) mass is 195 g/mol. The third kappa shape index (κ3) is 3.02. The highest BCUT2D eigenvalue weighted by Gasteiger charge is 2.15. The van der Waals surface area contributed by atoms with Crippen molar-refractivity contribution in [2.24, 2.45) is 16.8 Å². The van der Waals surface area contributed by atoms with Crippen molar-refractivity contribution in [3.8, 4) is 0 Å². The van der Waals surface area contributed by atoms with Crippen LogP contribution in [0.4, 0.5) is 4.79 Å². The first-order chi connectivity index (χ1) is 6.74. The third-order valence-corrected chi connectivity index (χ3v) is 1.82. The number of nitrogens with zero attached hydrogens (tertiary/aromatic N) is 1. The lowest BCUT2D eigenvalue weighted by Crippen LogP contribution is -2.27. The molecule has 0 aromatic heterocycles. The number of hydrogen-bond acceptors (Lipinski definition) is 3. The van der Waals surface area contributed by atoms with Gasteiger partial charge in [0.15, 0.2) is 0 Å². The van der Waals surface area contributed by atoms with Gasteiger partial charge in [-0.15, -0.1) is 0 Å². The molecule has 2 atom stereocenters. The first kappa shape index (κ1) is 10.5. The zero-order valence-electron chi connectivity index (χ0n) is 7.88. The molecule has 0 saturated carbocycles. The van der Waals surface area contributed by atoms with E-state index < -0.39 is 6.03 Å². The Balaban J connectivity index is 2.50. The molecule has 2 amide bonds. The van der Waals surface area contributed by atoms with Gasteiger partial charge < -0.3 is 10.5 Å². The van der Waals surface area contributed by atoms with Crippen LogP contribution in [0.3, 0.4) is 0 Å². The van der Waals surface area contributed by atoms with Gasteiger partial charge in [-0.2, -0.15) is 5.10 Å². The highest BCUT2D eigenvalue weighted by molar-refractivity contribution is 5.73. The SMILES string of the molecule is COC1C=CC=CC1C=NNC(N)=O. The zero-order chi connectivity index (χ0) is 10.4. The summed E-state index contributed by atoms with van der Waals surface area (Å²) in [5.74, 6) is 0.0249. The molecular formula is C9H13N3O2. The van der Waals surface area contributed by atoms with Gasteiger partial charge in [0.2, 0.25) is 0 Å². The number of hydrogen-bond donors (Lipinski definition) is 2. The number of rotatable bonds is 3. The van der Waals surface area contributed by atoms with Gasteiger partial charge >= 0.3 is 6.03 Å². The van der Waals surface area contributed by atoms with Crippen LogP contribution >= 0.6 is 0 Å². The largest absolute Gasteiger partial charge is 0.376 e. The van der Waals surface area contributed by atoms with Gasteiger partial charge in [0.05, 0.1) is 6.10 Å². The summed E-state index contributed by atoms with van der Waals surface area (Å²) in [4.78, 5) is 10.3. The minimum absolute atomic E-state index is 0.0249. The van der Waals surface area contributed by atoms with E-state index in [2.05, 4.69) is 10.5 Å². The second kappa shape index (κ2) is 5.18. The van der Waals surface area contributed by atoms with E-state index in [0.29, 0.717) is 0 Å². The smallest absolute Gasteiger partial charge is 0.332 e. The Hall–Kier alpha value is -1.62. The summed E-state index contributed by atoms with van der Waals surface area (Å²) < 4.78 is 5.19. The lowest BCUT2D eigenvalue weighted by Gasteiger charge is -2.18. The normalized spacial score (nSPS) is 25.5. The number of hydrazone groups is 1. The summed E-state index contributed by atoms with van der Waals surface area (Å²) in [5, 5.41) is 3.68. The number of urea groups is 1. The van der Waals surface area contributed by atoms with E-state index in [1.165, 1.54) is 0 Å². The Morgan fingerprint density at radius 1 is 1.57 bits per heavy atom. The minimum atomic E-state index is -0.675. The van der Waals surface area contributed by atoms with Crippen LogP contribution in [0, 0.1) is 5.92 Å². The Labute approximate surface area is 82.3 Å². The fourth-order valence-electron chi connectivity index (χ4n) is 1.16. The molecule has 3 N–H and O–H groups in total. The second-order valence-electron chi connectivity index (χ2n) is 2.80. The number of methoxy groups -OCH3 is 1. The molecule has 14 heavy (non-hydrogen) atoms. The molecule has 0 spiro atoms. The van der Waals surface area contributed by atoms with Crippen LogP contribution in [-0.4, -0.2) is 25.5 Å². The molecule has 2 unspecified atom stereocenters. The molecule has 0 aliphatic heterocycles. The maximum absolute atomic E-state index is 10.3. The lowest BCUT2D eigenvalue weighted by atomic mass is 9.99. The van der Waals surface area contributed by atoms with E-state index >= 15 is 0 Å². The molecule has 0 fully saturated rings. The average Bonchev–Trinajstić information content (AvgIpc) is 2.18. The van der Waals surface area contributed by atoms with Crippen LogP contribution in [0.5, 0.6) is 0 Å². The number of allylic oxidation sites excluding steroid dienone is 2. The number of carbonyl (C=O) groups excluding carboxylic acids is 1. The predicted octanol–water partition coefficient (Wildman–Crippen LogP) is 0.398. The molecule has 1 aliphatic rings. The van der Waals surface area contributed by atoms with Crippen molar-refractivity contribution in [2.75, 3.05) is 7.11 Å². The van der Waals surface area contributed by atoms with Crippen LogP contribution in [-0.2, 0) is 4.74 Å². The Morgan fingerprint density at radius 2 is 2.29 bits per heavy atom. The van der Waals surface area contributed by atoms with Crippen molar-refractivity contribution in [3.63, 3.8) is 0 Å². The first-order valence-corrected chi connectivity index (χ1v) is 4.20. The number of primary amides is 1. The van der Waals surface area contributed by atoms with E-state index in [9.17, 15) is 4.79 Å².